The zero-order chi connectivity index (χ0) is 15.9. The molecule has 1 fully saturated rings. The molecule has 0 aromatic carbocycles. The second-order valence-corrected chi connectivity index (χ2v) is 8.08. The monoisotopic (exact) mass is 423 g/mol. The molecule has 0 saturated carbocycles. The molecule has 2 heterocycles. The number of hydrogen-bond donors (Lipinski definition) is 2. The molecule has 2 rings (SSSR count). The van der Waals surface area contributed by atoms with Gasteiger partial charge >= 0.3 is 0 Å². The highest BCUT2D eigenvalue weighted by Gasteiger charge is 2.17. The van der Waals surface area contributed by atoms with E-state index in [0.717, 1.165) is 23.3 Å². The van der Waals surface area contributed by atoms with Crippen LogP contribution in [0.25, 0.3) is 0 Å². The maximum absolute atomic E-state index is 12.1. The van der Waals surface area contributed by atoms with Crippen LogP contribution in [0.5, 0.6) is 0 Å². The van der Waals surface area contributed by atoms with Gasteiger partial charge < -0.3 is 15.5 Å². The molecule has 1 atom stereocenters. The average molecular weight is 425 g/mol. The summed E-state index contributed by atoms with van der Waals surface area (Å²) in [5.41, 5.74) is 0. The number of piperidine rings is 1. The van der Waals surface area contributed by atoms with Gasteiger partial charge in [0.15, 0.2) is 0 Å². The standard InChI is InChI=1S/C15H22BrN3O2S.ClH/c1-19(15(21)12-4-5-13(16)22-12)10-14(20)18-8-6-11-3-2-7-17-9-11;/h4-5,11,17H,2-3,6-10H2,1H3,(H,18,20);1H. The minimum atomic E-state index is -0.123. The Morgan fingerprint density at radius 2 is 2.26 bits per heavy atom. The van der Waals surface area contributed by atoms with Crippen molar-refractivity contribution in [3.8, 4) is 0 Å². The molecule has 0 radical (unpaired) electrons. The number of halogens is 2. The van der Waals surface area contributed by atoms with Gasteiger partial charge in [-0.25, -0.2) is 0 Å². The molecule has 1 aliphatic rings. The van der Waals surface area contributed by atoms with Gasteiger partial charge in [0.1, 0.15) is 0 Å². The third-order valence-electron chi connectivity index (χ3n) is 3.79. The third kappa shape index (κ3) is 6.79. The second-order valence-electron chi connectivity index (χ2n) is 5.62. The second kappa shape index (κ2) is 10.3. The molecule has 1 aromatic heterocycles. The summed E-state index contributed by atoms with van der Waals surface area (Å²) < 4.78 is 0.912. The first-order valence-corrected chi connectivity index (χ1v) is 9.15. The molecule has 1 saturated heterocycles. The van der Waals surface area contributed by atoms with Crippen LogP contribution < -0.4 is 10.6 Å². The summed E-state index contributed by atoms with van der Waals surface area (Å²) in [5, 5.41) is 6.28. The molecular weight excluding hydrogens is 402 g/mol. The summed E-state index contributed by atoms with van der Waals surface area (Å²) in [5.74, 6) is 0.425. The Labute approximate surface area is 155 Å². The van der Waals surface area contributed by atoms with E-state index in [2.05, 4.69) is 26.6 Å². The lowest BCUT2D eigenvalue weighted by Crippen LogP contribution is -2.39. The average Bonchev–Trinajstić information content (AvgIpc) is 2.94. The zero-order valence-electron chi connectivity index (χ0n) is 13.1. The van der Waals surface area contributed by atoms with E-state index in [9.17, 15) is 9.59 Å². The smallest absolute Gasteiger partial charge is 0.264 e. The van der Waals surface area contributed by atoms with Crippen molar-refractivity contribution in [3.63, 3.8) is 0 Å². The summed E-state index contributed by atoms with van der Waals surface area (Å²) in [6.07, 6.45) is 3.44. The molecule has 0 spiro atoms. The van der Waals surface area contributed by atoms with Crippen molar-refractivity contribution in [1.29, 1.82) is 0 Å². The first-order valence-electron chi connectivity index (χ1n) is 7.54. The Balaban J connectivity index is 0.00000264. The molecule has 2 amide bonds. The van der Waals surface area contributed by atoms with E-state index >= 15 is 0 Å². The van der Waals surface area contributed by atoms with Crippen molar-refractivity contribution >= 4 is 51.5 Å². The van der Waals surface area contributed by atoms with Crippen LogP contribution in [0, 0.1) is 5.92 Å². The number of rotatable bonds is 6. The van der Waals surface area contributed by atoms with Gasteiger partial charge in [-0.2, -0.15) is 0 Å². The minimum absolute atomic E-state index is 0. The van der Waals surface area contributed by atoms with E-state index in [1.165, 1.54) is 29.1 Å². The fourth-order valence-electron chi connectivity index (χ4n) is 2.55. The maximum atomic E-state index is 12.1. The van der Waals surface area contributed by atoms with E-state index in [-0.39, 0.29) is 30.8 Å². The van der Waals surface area contributed by atoms with Crippen LogP contribution in [0.3, 0.4) is 0 Å². The van der Waals surface area contributed by atoms with Crippen LogP contribution in [0.15, 0.2) is 15.9 Å². The summed E-state index contributed by atoms with van der Waals surface area (Å²) >= 11 is 4.71. The quantitative estimate of drug-likeness (QED) is 0.737. The van der Waals surface area contributed by atoms with Crippen molar-refractivity contribution in [1.82, 2.24) is 15.5 Å². The molecule has 130 valence electrons. The Morgan fingerprint density at radius 1 is 1.48 bits per heavy atom. The van der Waals surface area contributed by atoms with E-state index in [1.54, 1.807) is 13.1 Å². The van der Waals surface area contributed by atoms with Gasteiger partial charge in [0.05, 0.1) is 15.2 Å². The normalized spacial score (nSPS) is 17.2. The molecule has 23 heavy (non-hydrogen) atoms. The molecule has 5 nitrogen and oxygen atoms in total. The number of carbonyl (C=O) groups is 2. The highest BCUT2D eigenvalue weighted by atomic mass is 79.9. The SMILES string of the molecule is CN(CC(=O)NCCC1CCCNC1)C(=O)c1ccc(Br)s1.Cl. The van der Waals surface area contributed by atoms with Crippen molar-refractivity contribution in [2.45, 2.75) is 19.3 Å². The van der Waals surface area contributed by atoms with Crippen molar-refractivity contribution < 1.29 is 9.59 Å². The number of hydrogen-bond acceptors (Lipinski definition) is 4. The molecule has 0 aliphatic carbocycles. The van der Waals surface area contributed by atoms with Crippen molar-refractivity contribution in [2.24, 2.45) is 5.92 Å². The van der Waals surface area contributed by atoms with Gasteiger partial charge in [0.2, 0.25) is 5.91 Å². The van der Waals surface area contributed by atoms with Gasteiger partial charge in [-0.3, -0.25) is 9.59 Å². The summed E-state index contributed by atoms with van der Waals surface area (Å²) in [4.78, 5) is 26.1. The predicted molar refractivity (Wildman–Crippen MR) is 99.4 cm³/mol. The van der Waals surface area contributed by atoms with Gasteiger partial charge in [0, 0.05) is 13.6 Å². The first kappa shape index (κ1) is 20.4. The number of likely N-dealkylation sites (N-methyl/N-ethyl adjacent to an activating group) is 1. The van der Waals surface area contributed by atoms with E-state index in [0.29, 0.717) is 17.3 Å². The van der Waals surface area contributed by atoms with Gasteiger partial charge in [0.25, 0.3) is 5.91 Å². The molecule has 2 N–H and O–H groups in total. The van der Waals surface area contributed by atoms with Gasteiger partial charge in [-0.05, 0) is 66.3 Å². The lowest BCUT2D eigenvalue weighted by Gasteiger charge is -2.23. The van der Waals surface area contributed by atoms with Crippen LogP contribution in [0.4, 0.5) is 0 Å². The fourth-order valence-corrected chi connectivity index (χ4v) is 3.93. The minimum Gasteiger partial charge on any atom is -0.355 e. The van der Waals surface area contributed by atoms with Crippen molar-refractivity contribution in [3.05, 3.63) is 20.8 Å². The lowest BCUT2D eigenvalue weighted by atomic mass is 9.96. The van der Waals surface area contributed by atoms with Crippen molar-refractivity contribution in [2.75, 3.05) is 33.2 Å². The Hall–Kier alpha value is -0.630. The molecule has 1 aromatic rings. The summed E-state index contributed by atoms with van der Waals surface area (Å²) in [7, 11) is 1.65. The number of thiophene rings is 1. The zero-order valence-corrected chi connectivity index (χ0v) is 16.4. The number of amides is 2. The highest BCUT2D eigenvalue weighted by Crippen LogP contribution is 2.22. The van der Waals surface area contributed by atoms with Gasteiger partial charge in [-0.15, -0.1) is 23.7 Å². The Bertz CT molecular complexity index is 521. The third-order valence-corrected chi connectivity index (χ3v) is 5.40. The Morgan fingerprint density at radius 3 is 2.87 bits per heavy atom. The summed E-state index contributed by atoms with van der Waals surface area (Å²) in [6, 6.07) is 3.60. The van der Waals surface area contributed by atoms with Crippen LogP contribution >= 0.6 is 39.7 Å². The number of nitrogens with zero attached hydrogens (tertiary/aromatic N) is 1. The van der Waals surface area contributed by atoms with E-state index in [4.69, 9.17) is 0 Å². The maximum Gasteiger partial charge on any atom is 0.264 e. The van der Waals surface area contributed by atoms with Crippen LogP contribution in [-0.4, -0.2) is 49.9 Å². The molecule has 1 unspecified atom stereocenters. The highest BCUT2D eigenvalue weighted by molar-refractivity contribution is 9.11. The van der Waals surface area contributed by atoms with E-state index < -0.39 is 0 Å². The molecule has 1 aliphatic heterocycles. The first-order chi connectivity index (χ1) is 10.6. The van der Waals surface area contributed by atoms with E-state index in [1.807, 2.05) is 6.07 Å². The number of nitrogens with one attached hydrogen (secondary N) is 2. The predicted octanol–water partition coefficient (Wildman–Crippen LogP) is 2.51. The molecule has 8 heteroatoms. The largest absolute Gasteiger partial charge is 0.355 e. The van der Waals surface area contributed by atoms with Crippen LogP contribution in [0.1, 0.15) is 28.9 Å². The topological polar surface area (TPSA) is 61.4 Å². The summed E-state index contributed by atoms with van der Waals surface area (Å²) in [6.45, 7) is 2.92. The Kier molecular flexibility index (Phi) is 9.12. The lowest BCUT2D eigenvalue weighted by molar-refractivity contribution is -0.121. The fraction of sp³-hybridized carbons (Fsp3) is 0.600. The van der Waals surface area contributed by atoms with Crippen LogP contribution in [-0.2, 0) is 4.79 Å². The molecule has 0 bridgehead atoms. The molecular formula is C15H23BrClN3O2S. The van der Waals surface area contributed by atoms with Crippen LogP contribution in [0.2, 0.25) is 0 Å². The van der Waals surface area contributed by atoms with Gasteiger partial charge in [-0.1, -0.05) is 0 Å². The number of carbonyl (C=O) groups excluding carboxylic acids is 2.